The summed E-state index contributed by atoms with van der Waals surface area (Å²) in [4.78, 5) is 4.19. The van der Waals surface area contributed by atoms with E-state index in [2.05, 4.69) is 32.9 Å². The van der Waals surface area contributed by atoms with Gasteiger partial charge < -0.3 is 10.6 Å². The molecule has 0 fully saturated rings. The van der Waals surface area contributed by atoms with Crippen molar-refractivity contribution in [1.82, 2.24) is 20.4 Å². The monoisotopic (exact) mass is 383 g/mol. The maximum absolute atomic E-state index is 13.7. The highest BCUT2D eigenvalue weighted by atomic mass is 19.2. The molecule has 5 nitrogen and oxygen atoms in total. The second kappa shape index (κ2) is 9.64. The van der Waals surface area contributed by atoms with E-state index in [-0.39, 0.29) is 0 Å². The average molecular weight is 383 g/mol. The summed E-state index contributed by atoms with van der Waals surface area (Å²) in [7, 11) is 1.67. The van der Waals surface area contributed by atoms with Crippen molar-refractivity contribution in [3.63, 3.8) is 0 Å². The second-order valence-electron chi connectivity index (χ2n) is 6.29. The lowest BCUT2D eigenvalue weighted by Gasteiger charge is -2.14. The van der Waals surface area contributed by atoms with E-state index < -0.39 is 11.6 Å². The molecule has 1 heterocycles. The van der Waals surface area contributed by atoms with Gasteiger partial charge in [0.15, 0.2) is 17.6 Å². The highest BCUT2D eigenvalue weighted by Crippen LogP contribution is 2.12. The summed E-state index contributed by atoms with van der Waals surface area (Å²) in [6, 6.07) is 14.2. The van der Waals surface area contributed by atoms with E-state index in [1.165, 1.54) is 6.07 Å². The number of nitrogens with one attached hydrogen (secondary N) is 2. The third kappa shape index (κ3) is 5.16. The van der Waals surface area contributed by atoms with E-state index in [0.717, 1.165) is 17.2 Å². The molecule has 2 aromatic carbocycles. The molecule has 146 valence electrons. The summed E-state index contributed by atoms with van der Waals surface area (Å²) in [5.74, 6) is -1.01. The van der Waals surface area contributed by atoms with Crippen LogP contribution in [0.15, 0.2) is 65.9 Å². The topological polar surface area (TPSA) is 54.2 Å². The molecule has 0 saturated heterocycles. The summed E-state index contributed by atoms with van der Waals surface area (Å²) in [5.41, 5.74) is 2.64. The van der Waals surface area contributed by atoms with E-state index >= 15 is 0 Å². The van der Waals surface area contributed by atoms with Crippen LogP contribution in [-0.2, 0) is 19.5 Å². The molecular weight excluding hydrogens is 360 g/mol. The number of benzene rings is 2. The van der Waals surface area contributed by atoms with Crippen LogP contribution in [0.3, 0.4) is 0 Å². The van der Waals surface area contributed by atoms with Crippen LogP contribution in [0.4, 0.5) is 8.78 Å². The van der Waals surface area contributed by atoms with Crippen LogP contribution in [0.1, 0.15) is 16.7 Å². The van der Waals surface area contributed by atoms with Crippen molar-refractivity contribution in [1.29, 1.82) is 0 Å². The molecule has 3 rings (SSSR count). The standard InChI is InChI=1S/C21H23F2N5/c1-24-21(25-12-10-16-8-4-9-19(22)20(16)23)26-14-17-6-2-3-7-18(17)15-28-13-5-11-27-28/h2-9,11,13H,10,12,14-15H2,1H3,(H2,24,25,26). The van der Waals surface area contributed by atoms with Gasteiger partial charge in [-0.3, -0.25) is 9.67 Å². The fraction of sp³-hybridized carbons (Fsp3) is 0.238. The SMILES string of the molecule is CN=C(NCCc1cccc(F)c1F)NCc1ccccc1Cn1cccn1. The van der Waals surface area contributed by atoms with Gasteiger partial charge in [-0.1, -0.05) is 36.4 Å². The molecule has 7 heteroatoms. The molecule has 3 aromatic rings. The lowest BCUT2D eigenvalue weighted by molar-refractivity contribution is 0.498. The second-order valence-corrected chi connectivity index (χ2v) is 6.29. The number of nitrogens with zero attached hydrogens (tertiary/aromatic N) is 3. The van der Waals surface area contributed by atoms with Crippen molar-refractivity contribution in [3.8, 4) is 0 Å². The van der Waals surface area contributed by atoms with Crippen LogP contribution in [0, 0.1) is 11.6 Å². The number of aromatic nitrogens is 2. The first-order valence-electron chi connectivity index (χ1n) is 9.09. The summed E-state index contributed by atoms with van der Waals surface area (Å²) in [6.45, 7) is 1.72. The molecule has 2 N–H and O–H groups in total. The van der Waals surface area contributed by atoms with Gasteiger partial charge >= 0.3 is 0 Å². The third-order valence-corrected chi connectivity index (χ3v) is 4.40. The van der Waals surface area contributed by atoms with Crippen molar-refractivity contribution in [2.24, 2.45) is 4.99 Å². The molecule has 0 saturated carbocycles. The van der Waals surface area contributed by atoms with E-state index in [0.29, 0.717) is 37.6 Å². The van der Waals surface area contributed by atoms with Crippen LogP contribution in [0.25, 0.3) is 0 Å². The third-order valence-electron chi connectivity index (χ3n) is 4.40. The zero-order valence-corrected chi connectivity index (χ0v) is 15.7. The van der Waals surface area contributed by atoms with Gasteiger partial charge in [0.05, 0.1) is 6.54 Å². The summed E-state index contributed by atoms with van der Waals surface area (Å²) < 4.78 is 28.9. The minimum Gasteiger partial charge on any atom is -0.356 e. The van der Waals surface area contributed by atoms with Crippen molar-refractivity contribution in [2.45, 2.75) is 19.5 Å². The van der Waals surface area contributed by atoms with Gasteiger partial charge in [0.25, 0.3) is 0 Å². The molecule has 0 bridgehead atoms. The van der Waals surface area contributed by atoms with Crippen LogP contribution < -0.4 is 10.6 Å². The number of halogens is 2. The maximum Gasteiger partial charge on any atom is 0.191 e. The van der Waals surface area contributed by atoms with E-state index in [4.69, 9.17) is 0 Å². The lowest BCUT2D eigenvalue weighted by Crippen LogP contribution is -2.38. The van der Waals surface area contributed by atoms with Gasteiger partial charge in [0.2, 0.25) is 0 Å². The van der Waals surface area contributed by atoms with Crippen LogP contribution in [0.5, 0.6) is 0 Å². The summed E-state index contributed by atoms with van der Waals surface area (Å²) in [6.07, 6.45) is 4.05. The Morgan fingerprint density at radius 2 is 1.79 bits per heavy atom. The van der Waals surface area contributed by atoms with E-state index in [1.807, 2.05) is 29.1 Å². The zero-order chi connectivity index (χ0) is 19.8. The Bertz CT molecular complexity index is 922. The van der Waals surface area contributed by atoms with Crippen molar-refractivity contribution in [3.05, 3.63) is 89.2 Å². The Kier molecular flexibility index (Phi) is 6.73. The average Bonchev–Trinajstić information content (AvgIpc) is 3.22. The van der Waals surface area contributed by atoms with E-state index in [1.54, 1.807) is 19.3 Å². The summed E-state index contributed by atoms with van der Waals surface area (Å²) in [5, 5.41) is 10.6. The largest absolute Gasteiger partial charge is 0.356 e. The summed E-state index contributed by atoms with van der Waals surface area (Å²) >= 11 is 0. The predicted molar refractivity (Wildman–Crippen MR) is 106 cm³/mol. The molecule has 0 aliphatic heterocycles. The molecule has 0 aliphatic rings. The molecule has 28 heavy (non-hydrogen) atoms. The fourth-order valence-electron chi connectivity index (χ4n) is 2.91. The molecule has 0 aliphatic carbocycles. The number of guanidine groups is 1. The fourth-order valence-corrected chi connectivity index (χ4v) is 2.91. The number of hydrogen-bond donors (Lipinski definition) is 2. The van der Waals surface area contributed by atoms with Gasteiger partial charge in [0, 0.05) is 32.5 Å². The first-order chi connectivity index (χ1) is 13.7. The smallest absolute Gasteiger partial charge is 0.191 e. The Morgan fingerprint density at radius 3 is 2.54 bits per heavy atom. The molecular formula is C21H23F2N5. The molecule has 0 amide bonds. The number of rotatable bonds is 7. The Hall–Kier alpha value is -3.22. The quantitative estimate of drug-likeness (QED) is 0.487. The van der Waals surface area contributed by atoms with Crippen LogP contribution >= 0.6 is 0 Å². The Balaban J connectivity index is 1.54. The molecule has 0 atom stereocenters. The van der Waals surface area contributed by atoms with Gasteiger partial charge in [-0.15, -0.1) is 0 Å². The maximum atomic E-state index is 13.7. The van der Waals surface area contributed by atoms with Crippen LogP contribution in [0.2, 0.25) is 0 Å². The number of hydrogen-bond acceptors (Lipinski definition) is 2. The van der Waals surface area contributed by atoms with Gasteiger partial charge in [0.1, 0.15) is 0 Å². The van der Waals surface area contributed by atoms with Crippen LogP contribution in [-0.4, -0.2) is 29.3 Å². The van der Waals surface area contributed by atoms with Crippen molar-refractivity contribution < 1.29 is 8.78 Å². The molecule has 0 spiro atoms. The first-order valence-corrected chi connectivity index (χ1v) is 9.09. The van der Waals surface area contributed by atoms with Gasteiger partial charge in [-0.25, -0.2) is 8.78 Å². The van der Waals surface area contributed by atoms with Gasteiger partial charge in [-0.05, 0) is 35.2 Å². The van der Waals surface area contributed by atoms with Crippen molar-refractivity contribution >= 4 is 5.96 Å². The minimum atomic E-state index is -0.825. The van der Waals surface area contributed by atoms with Crippen molar-refractivity contribution in [2.75, 3.05) is 13.6 Å². The minimum absolute atomic E-state index is 0.340. The highest BCUT2D eigenvalue weighted by molar-refractivity contribution is 5.79. The Labute approximate surface area is 163 Å². The molecule has 1 aromatic heterocycles. The zero-order valence-electron chi connectivity index (χ0n) is 15.7. The Morgan fingerprint density at radius 1 is 1.00 bits per heavy atom. The lowest BCUT2D eigenvalue weighted by atomic mass is 10.1. The number of aliphatic imine (C=N–C) groups is 1. The first kappa shape index (κ1) is 19.5. The van der Waals surface area contributed by atoms with E-state index in [9.17, 15) is 8.78 Å². The molecule has 0 unspecified atom stereocenters. The van der Waals surface area contributed by atoms with Gasteiger partial charge in [-0.2, -0.15) is 5.10 Å². The molecule has 0 radical (unpaired) electrons. The normalized spacial score (nSPS) is 11.5. The predicted octanol–water partition coefficient (Wildman–Crippen LogP) is 3.12. The highest BCUT2D eigenvalue weighted by Gasteiger charge is 2.08.